The SMILES string of the molecule is COc1ccc(-n2c(C=O)c(C)c(C)c2-c2ccc(OC)c(O)c2)cc1. The van der Waals surface area contributed by atoms with Crippen LogP contribution in [0, 0.1) is 13.8 Å². The van der Waals surface area contributed by atoms with Crippen LogP contribution >= 0.6 is 0 Å². The monoisotopic (exact) mass is 351 g/mol. The van der Waals surface area contributed by atoms with Crippen molar-refractivity contribution in [3.8, 4) is 34.2 Å². The van der Waals surface area contributed by atoms with Crippen LogP contribution < -0.4 is 9.47 Å². The summed E-state index contributed by atoms with van der Waals surface area (Å²) in [5.41, 5.74) is 4.96. The molecule has 0 unspecified atom stereocenters. The molecule has 0 bridgehead atoms. The molecule has 1 heterocycles. The molecule has 0 aliphatic rings. The highest BCUT2D eigenvalue weighted by Gasteiger charge is 2.20. The molecule has 2 aromatic carbocycles. The minimum Gasteiger partial charge on any atom is -0.504 e. The molecule has 0 saturated heterocycles. The van der Waals surface area contributed by atoms with Crippen molar-refractivity contribution in [3.05, 3.63) is 59.3 Å². The van der Waals surface area contributed by atoms with Gasteiger partial charge in [-0.3, -0.25) is 4.79 Å². The van der Waals surface area contributed by atoms with Crippen molar-refractivity contribution >= 4 is 6.29 Å². The lowest BCUT2D eigenvalue weighted by Gasteiger charge is -2.14. The number of rotatable bonds is 5. The minimum absolute atomic E-state index is 0.0530. The van der Waals surface area contributed by atoms with Crippen LogP contribution in [0.2, 0.25) is 0 Å². The van der Waals surface area contributed by atoms with E-state index in [0.717, 1.165) is 40.1 Å². The second kappa shape index (κ2) is 6.96. The summed E-state index contributed by atoms with van der Waals surface area (Å²) < 4.78 is 12.3. The summed E-state index contributed by atoms with van der Waals surface area (Å²) in [6.07, 6.45) is 0.861. The van der Waals surface area contributed by atoms with Gasteiger partial charge in [0.05, 0.1) is 25.6 Å². The first kappa shape index (κ1) is 17.6. The lowest BCUT2D eigenvalue weighted by Crippen LogP contribution is -2.02. The maximum atomic E-state index is 11.8. The number of carbonyl (C=O) groups excluding carboxylic acids is 1. The number of aromatic hydroxyl groups is 1. The number of methoxy groups -OCH3 is 2. The Labute approximate surface area is 152 Å². The van der Waals surface area contributed by atoms with Gasteiger partial charge in [0.15, 0.2) is 17.8 Å². The van der Waals surface area contributed by atoms with E-state index in [1.807, 2.05) is 48.7 Å². The second-order valence-corrected chi connectivity index (χ2v) is 6.02. The van der Waals surface area contributed by atoms with E-state index in [1.54, 1.807) is 19.2 Å². The summed E-state index contributed by atoms with van der Waals surface area (Å²) in [7, 11) is 3.12. The molecule has 5 heteroatoms. The molecule has 0 aliphatic carbocycles. The highest BCUT2D eigenvalue weighted by molar-refractivity contribution is 5.84. The third-order valence-corrected chi connectivity index (χ3v) is 4.66. The second-order valence-electron chi connectivity index (χ2n) is 6.02. The normalized spacial score (nSPS) is 10.6. The van der Waals surface area contributed by atoms with Gasteiger partial charge in [-0.25, -0.2) is 0 Å². The van der Waals surface area contributed by atoms with Gasteiger partial charge in [-0.05, 0) is 67.4 Å². The molecule has 0 atom stereocenters. The molecule has 0 spiro atoms. The molecular formula is C21H21NO4. The maximum absolute atomic E-state index is 11.8. The van der Waals surface area contributed by atoms with Gasteiger partial charge in [0.1, 0.15) is 5.75 Å². The van der Waals surface area contributed by atoms with Gasteiger partial charge >= 0.3 is 0 Å². The summed E-state index contributed by atoms with van der Waals surface area (Å²) in [5.74, 6) is 1.20. The first-order valence-corrected chi connectivity index (χ1v) is 8.20. The smallest absolute Gasteiger partial charge is 0.167 e. The number of phenols is 1. The molecule has 0 amide bonds. The van der Waals surface area contributed by atoms with Gasteiger partial charge in [0.2, 0.25) is 0 Å². The topological polar surface area (TPSA) is 60.7 Å². The third kappa shape index (κ3) is 2.81. The molecule has 1 aromatic heterocycles. The highest BCUT2D eigenvalue weighted by Crippen LogP contribution is 2.37. The first-order valence-electron chi connectivity index (χ1n) is 8.20. The van der Waals surface area contributed by atoms with E-state index in [4.69, 9.17) is 9.47 Å². The van der Waals surface area contributed by atoms with Crippen molar-refractivity contribution in [3.63, 3.8) is 0 Å². The highest BCUT2D eigenvalue weighted by atomic mass is 16.5. The average Bonchev–Trinajstić information content (AvgIpc) is 2.92. The number of carbonyl (C=O) groups is 1. The Kier molecular flexibility index (Phi) is 4.71. The minimum atomic E-state index is 0.0530. The Morgan fingerprint density at radius 2 is 1.65 bits per heavy atom. The van der Waals surface area contributed by atoms with Gasteiger partial charge in [0.25, 0.3) is 0 Å². The van der Waals surface area contributed by atoms with Crippen molar-refractivity contribution in [1.29, 1.82) is 0 Å². The zero-order valence-electron chi connectivity index (χ0n) is 15.2. The van der Waals surface area contributed by atoms with Crippen molar-refractivity contribution in [2.24, 2.45) is 0 Å². The van der Waals surface area contributed by atoms with E-state index < -0.39 is 0 Å². The van der Waals surface area contributed by atoms with Crippen LogP contribution in [0.15, 0.2) is 42.5 Å². The molecule has 3 rings (SSSR count). The molecule has 0 fully saturated rings. The summed E-state index contributed by atoms with van der Waals surface area (Å²) in [6, 6.07) is 12.7. The molecule has 0 aliphatic heterocycles. The Morgan fingerprint density at radius 3 is 2.19 bits per heavy atom. The molecule has 26 heavy (non-hydrogen) atoms. The largest absolute Gasteiger partial charge is 0.504 e. The van der Waals surface area contributed by atoms with Crippen LogP contribution in [0.5, 0.6) is 17.2 Å². The van der Waals surface area contributed by atoms with E-state index in [0.29, 0.717) is 11.4 Å². The number of ether oxygens (including phenoxy) is 2. The van der Waals surface area contributed by atoms with Crippen LogP contribution in [-0.2, 0) is 0 Å². The van der Waals surface area contributed by atoms with Gasteiger partial charge in [0, 0.05) is 11.3 Å². The lowest BCUT2D eigenvalue weighted by atomic mass is 10.1. The molecule has 134 valence electrons. The predicted molar refractivity (Wildman–Crippen MR) is 101 cm³/mol. The van der Waals surface area contributed by atoms with E-state index in [9.17, 15) is 9.90 Å². The predicted octanol–water partition coefficient (Wildman–Crippen LogP) is 4.30. The Hall–Kier alpha value is -3.21. The third-order valence-electron chi connectivity index (χ3n) is 4.66. The van der Waals surface area contributed by atoms with Crippen LogP contribution in [0.1, 0.15) is 21.6 Å². The van der Waals surface area contributed by atoms with Gasteiger partial charge in [-0.2, -0.15) is 0 Å². The Balaban J connectivity index is 2.27. The van der Waals surface area contributed by atoms with Crippen molar-refractivity contribution in [1.82, 2.24) is 4.57 Å². The lowest BCUT2D eigenvalue weighted by molar-refractivity contribution is 0.111. The quantitative estimate of drug-likeness (QED) is 0.696. The standard InChI is InChI=1S/C21H21NO4/c1-13-14(2)21(15-5-10-20(26-4)19(24)11-15)22(18(13)12-23)16-6-8-17(25-3)9-7-16/h5-12,24H,1-4H3. The first-order chi connectivity index (χ1) is 12.5. The molecular weight excluding hydrogens is 330 g/mol. The van der Waals surface area contributed by atoms with E-state index >= 15 is 0 Å². The fourth-order valence-electron chi connectivity index (χ4n) is 3.15. The van der Waals surface area contributed by atoms with E-state index in [2.05, 4.69) is 0 Å². The van der Waals surface area contributed by atoms with Crippen LogP contribution in [0.3, 0.4) is 0 Å². The molecule has 0 radical (unpaired) electrons. The molecule has 3 aromatic rings. The molecule has 1 N–H and O–H groups in total. The van der Waals surface area contributed by atoms with Crippen LogP contribution in [0.25, 0.3) is 16.9 Å². The number of benzene rings is 2. The average molecular weight is 351 g/mol. The van der Waals surface area contributed by atoms with Crippen LogP contribution in [0.4, 0.5) is 0 Å². The van der Waals surface area contributed by atoms with Gasteiger partial charge < -0.3 is 19.1 Å². The maximum Gasteiger partial charge on any atom is 0.167 e. The number of hydrogen-bond acceptors (Lipinski definition) is 4. The molecule has 5 nitrogen and oxygen atoms in total. The Morgan fingerprint density at radius 1 is 0.962 bits per heavy atom. The number of aldehydes is 1. The zero-order chi connectivity index (χ0) is 18.8. The summed E-state index contributed by atoms with van der Waals surface area (Å²) in [4.78, 5) is 11.8. The Bertz CT molecular complexity index is 955. The van der Waals surface area contributed by atoms with Crippen molar-refractivity contribution < 1.29 is 19.4 Å². The van der Waals surface area contributed by atoms with E-state index in [-0.39, 0.29) is 5.75 Å². The number of aromatic nitrogens is 1. The number of phenolic OH excluding ortho intramolecular Hbond substituents is 1. The molecule has 0 saturated carbocycles. The summed E-state index contributed by atoms with van der Waals surface area (Å²) >= 11 is 0. The van der Waals surface area contributed by atoms with Crippen molar-refractivity contribution in [2.45, 2.75) is 13.8 Å². The van der Waals surface area contributed by atoms with Crippen LogP contribution in [-0.4, -0.2) is 30.2 Å². The van der Waals surface area contributed by atoms with Crippen molar-refractivity contribution in [2.75, 3.05) is 14.2 Å². The van der Waals surface area contributed by atoms with Gasteiger partial charge in [-0.1, -0.05) is 0 Å². The number of hydrogen-bond donors (Lipinski definition) is 1. The fraction of sp³-hybridized carbons (Fsp3) is 0.190. The summed E-state index contributed by atoms with van der Waals surface area (Å²) in [5, 5.41) is 10.2. The van der Waals surface area contributed by atoms with Gasteiger partial charge in [-0.15, -0.1) is 0 Å². The fourth-order valence-corrected chi connectivity index (χ4v) is 3.15. The summed E-state index contributed by atoms with van der Waals surface area (Å²) in [6.45, 7) is 3.89. The number of nitrogens with zero attached hydrogens (tertiary/aromatic N) is 1. The zero-order valence-corrected chi connectivity index (χ0v) is 15.2. The van der Waals surface area contributed by atoms with E-state index in [1.165, 1.54) is 7.11 Å².